The minimum Gasteiger partial charge on any atom is -0.403 e. The SMILES string of the molecule is NCc1cc(Br)nc(C(F)F)c1OC(F)(F)F. The van der Waals surface area contributed by atoms with Crippen molar-refractivity contribution < 1.29 is 26.7 Å². The van der Waals surface area contributed by atoms with Gasteiger partial charge in [0.05, 0.1) is 0 Å². The number of hydrogen-bond donors (Lipinski definition) is 1. The third kappa shape index (κ3) is 3.77. The van der Waals surface area contributed by atoms with Gasteiger partial charge in [0, 0.05) is 12.1 Å². The van der Waals surface area contributed by atoms with Crippen LogP contribution in [0.3, 0.4) is 0 Å². The predicted molar refractivity (Wildman–Crippen MR) is 51.5 cm³/mol. The Morgan fingerprint density at radius 3 is 2.41 bits per heavy atom. The van der Waals surface area contributed by atoms with Gasteiger partial charge in [-0.15, -0.1) is 13.2 Å². The van der Waals surface area contributed by atoms with Crippen molar-refractivity contribution in [1.29, 1.82) is 0 Å². The lowest BCUT2D eigenvalue weighted by Crippen LogP contribution is -2.20. The molecule has 0 saturated heterocycles. The third-order valence-corrected chi connectivity index (χ3v) is 2.10. The molecule has 1 aromatic heterocycles. The van der Waals surface area contributed by atoms with E-state index in [4.69, 9.17) is 5.73 Å². The first-order chi connectivity index (χ1) is 7.74. The van der Waals surface area contributed by atoms with E-state index in [1.165, 1.54) is 0 Å². The van der Waals surface area contributed by atoms with Gasteiger partial charge in [0.25, 0.3) is 6.43 Å². The van der Waals surface area contributed by atoms with Crippen LogP contribution in [0.4, 0.5) is 22.0 Å². The van der Waals surface area contributed by atoms with Crippen molar-refractivity contribution in [3.05, 3.63) is 21.9 Å². The minimum atomic E-state index is -5.08. The maximum Gasteiger partial charge on any atom is 0.573 e. The highest BCUT2D eigenvalue weighted by atomic mass is 79.9. The summed E-state index contributed by atoms with van der Waals surface area (Å²) in [5, 5.41) is 0. The van der Waals surface area contributed by atoms with Crippen molar-refractivity contribution in [3.8, 4) is 5.75 Å². The summed E-state index contributed by atoms with van der Waals surface area (Å²) in [4.78, 5) is 3.25. The van der Waals surface area contributed by atoms with E-state index in [-0.39, 0.29) is 16.7 Å². The Morgan fingerprint density at radius 2 is 2.00 bits per heavy atom. The van der Waals surface area contributed by atoms with Gasteiger partial charge in [-0.3, -0.25) is 0 Å². The van der Waals surface area contributed by atoms with Gasteiger partial charge in [-0.05, 0) is 22.0 Å². The Hall–Kier alpha value is -0.960. The lowest BCUT2D eigenvalue weighted by atomic mass is 10.2. The molecule has 17 heavy (non-hydrogen) atoms. The molecule has 0 bridgehead atoms. The van der Waals surface area contributed by atoms with Crippen LogP contribution in [-0.4, -0.2) is 11.3 Å². The van der Waals surface area contributed by atoms with Crippen LogP contribution in [0.25, 0.3) is 0 Å². The fourth-order valence-electron chi connectivity index (χ4n) is 1.11. The van der Waals surface area contributed by atoms with Gasteiger partial charge in [-0.1, -0.05) is 0 Å². The average molecular weight is 321 g/mol. The van der Waals surface area contributed by atoms with Gasteiger partial charge in [-0.25, -0.2) is 13.8 Å². The summed E-state index contributed by atoms with van der Waals surface area (Å²) >= 11 is 2.80. The summed E-state index contributed by atoms with van der Waals surface area (Å²) in [6, 6.07) is 1.09. The number of nitrogens with zero attached hydrogens (tertiary/aromatic N) is 1. The lowest BCUT2D eigenvalue weighted by Gasteiger charge is -2.15. The highest BCUT2D eigenvalue weighted by Crippen LogP contribution is 2.35. The zero-order chi connectivity index (χ0) is 13.2. The van der Waals surface area contributed by atoms with Crippen LogP contribution in [-0.2, 0) is 6.54 Å². The molecule has 0 spiro atoms. The maximum absolute atomic E-state index is 12.5. The van der Waals surface area contributed by atoms with E-state index in [0.717, 1.165) is 6.07 Å². The predicted octanol–water partition coefficient (Wildman–Crippen LogP) is 3.14. The van der Waals surface area contributed by atoms with E-state index < -0.39 is 24.2 Å². The Balaban J connectivity index is 3.32. The molecule has 1 heterocycles. The smallest absolute Gasteiger partial charge is 0.403 e. The molecule has 0 atom stereocenters. The van der Waals surface area contributed by atoms with E-state index >= 15 is 0 Å². The summed E-state index contributed by atoms with van der Waals surface area (Å²) < 4.78 is 64.7. The van der Waals surface area contributed by atoms with Gasteiger partial charge >= 0.3 is 6.36 Å². The molecular weight excluding hydrogens is 315 g/mol. The fourth-order valence-corrected chi connectivity index (χ4v) is 1.57. The summed E-state index contributed by atoms with van der Waals surface area (Å²) in [6.45, 7) is -0.383. The molecule has 0 radical (unpaired) electrons. The van der Waals surface area contributed by atoms with Gasteiger partial charge in [0.1, 0.15) is 4.60 Å². The normalized spacial score (nSPS) is 12.0. The van der Waals surface area contributed by atoms with Gasteiger partial charge in [0.2, 0.25) is 0 Å². The highest BCUT2D eigenvalue weighted by molar-refractivity contribution is 9.10. The van der Waals surface area contributed by atoms with E-state index in [9.17, 15) is 22.0 Å². The van der Waals surface area contributed by atoms with Gasteiger partial charge in [-0.2, -0.15) is 0 Å². The Labute approximate surface area is 101 Å². The molecule has 96 valence electrons. The Bertz CT molecular complexity index is 410. The molecule has 1 aromatic rings. The molecule has 0 amide bonds. The highest BCUT2D eigenvalue weighted by Gasteiger charge is 2.35. The summed E-state index contributed by atoms with van der Waals surface area (Å²) in [7, 11) is 0. The van der Waals surface area contributed by atoms with Crippen LogP contribution in [0.15, 0.2) is 10.7 Å². The number of halogens is 6. The first-order valence-corrected chi connectivity index (χ1v) is 4.97. The maximum atomic E-state index is 12.5. The Kier molecular flexibility index (Phi) is 4.26. The lowest BCUT2D eigenvalue weighted by molar-refractivity contribution is -0.275. The fraction of sp³-hybridized carbons (Fsp3) is 0.375. The van der Waals surface area contributed by atoms with Crippen molar-refractivity contribution in [2.24, 2.45) is 5.73 Å². The van der Waals surface area contributed by atoms with E-state index in [2.05, 4.69) is 25.7 Å². The van der Waals surface area contributed by atoms with Crippen LogP contribution in [0.5, 0.6) is 5.75 Å². The standard InChI is InChI=1S/C8H6BrF5N2O/c9-4-1-3(2-15)6(17-8(12,13)14)5(16-4)7(10)11/h1,7H,2,15H2. The topological polar surface area (TPSA) is 48.1 Å². The second kappa shape index (κ2) is 5.13. The number of alkyl halides is 5. The quantitative estimate of drug-likeness (QED) is 0.687. The van der Waals surface area contributed by atoms with Gasteiger partial charge in [0.15, 0.2) is 11.4 Å². The zero-order valence-electron chi connectivity index (χ0n) is 8.06. The summed E-state index contributed by atoms with van der Waals surface area (Å²) in [6.07, 6.45) is -8.28. The molecule has 0 unspecified atom stereocenters. The van der Waals surface area contributed by atoms with Crippen molar-refractivity contribution in [1.82, 2.24) is 4.98 Å². The first-order valence-electron chi connectivity index (χ1n) is 4.18. The molecule has 0 fully saturated rings. The molecule has 0 saturated carbocycles. The van der Waals surface area contributed by atoms with Crippen LogP contribution >= 0.6 is 15.9 Å². The largest absolute Gasteiger partial charge is 0.573 e. The van der Waals surface area contributed by atoms with E-state index in [1.807, 2.05) is 0 Å². The number of pyridine rings is 1. The molecule has 0 aliphatic rings. The zero-order valence-corrected chi connectivity index (χ0v) is 9.65. The van der Waals surface area contributed by atoms with E-state index in [0.29, 0.717) is 0 Å². The molecule has 1 rings (SSSR count). The molecule has 0 aliphatic carbocycles. The number of aromatic nitrogens is 1. The molecular formula is C8H6BrF5N2O. The van der Waals surface area contributed by atoms with Crippen LogP contribution < -0.4 is 10.5 Å². The van der Waals surface area contributed by atoms with E-state index in [1.54, 1.807) is 0 Å². The number of ether oxygens (including phenoxy) is 1. The molecule has 3 nitrogen and oxygen atoms in total. The van der Waals surface area contributed by atoms with Gasteiger partial charge < -0.3 is 10.5 Å². The van der Waals surface area contributed by atoms with Crippen molar-refractivity contribution in [2.75, 3.05) is 0 Å². The van der Waals surface area contributed by atoms with Crippen LogP contribution in [0.1, 0.15) is 17.7 Å². The van der Waals surface area contributed by atoms with Crippen LogP contribution in [0.2, 0.25) is 0 Å². The monoisotopic (exact) mass is 320 g/mol. The summed E-state index contributed by atoms with van der Waals surface area (Å²) in [5.74, 6) is -1.04. The number of rotatable bonds is 3. The van der Waals surface area contributed by atoms with Crippen molar-refractivity contribution in [2.45, 2.75) is 19.3 Å². The third-order valence-electron chi connectivity index (χ3n) is 1.69. The Morgan fingerprint density at radius 1 is 1.41 bits per heavy atom. The molecule has 2 N–H and O–H groups in total. The molecule has 0 aliphatic heterocycles. The van der Waals surface area contributed by atoms with Crippen molar-refractivity contribution >= 4 is 15.9 Å². The number of hydrogen-bond acceptors (Lipinski definition) is 3. The second-order valence-electron chi connectivity index (χ2n) is 2.87. The number of nitrogens with two attached hydrogens (primary N) is 1. The molecule has 0 aromatic carbocycles. The first kappa shape index (κ1) is 14.1. The summed E-state index contributed by atoms with van der Waals surface area (Å²) in [5.41, 5.74) is 3.86. The van der Waals surface area contributed by atoms with Crippen molar-refractivity contribution in [3.63, 3.8) is 0 Å². The molecule has 9 heteroatoms. The minimum absolute atomic E-state index is 0.0391. The van der Waals surface area contributed by atoms with Crippen LogP contribution in [0, 0.1) is 0 Å². The average Bonchev–Trinajstić information content (AvgIpc) is 2.17. The second-order valence-corrected chi connectivity index (χ2v) is 3.68.